The molecule has 0 saturated heterocycles. The van der Waals surface area contributed by atoms with E-state index in [0.717, 1.165) is 7.11 Å². The number of alkyl halides is 3. The topological polar surface area (TPSA) is 44.8 Å². The first-order valence-corrected chi connectivity index (χ1v) is 4.32. The lowest BCUT2D eigenvalue weighted by molar-refractivity contribution is -0.303. The Morgan fingerprint density at radius 1 is 1.38 bits per heavy atom. The van der Waals surface area contributed by atoms with Crippen molar-refractivity contribution in [2.24, 2.45) is 0 Å². The summed E-state index contributed by atoms with van der Waals surface area (Å²) in [4.78, 5) is 10.8. The average Bonchev–Trinajstić information content (AvgIpc) is 2.15. The molecule has 94 valence electrons. The van der Waals surface area contributed by atoms with Crippen LogP contribution < -0.4 is 0 Å². The highest BCUT2D eigenvalue weighted by atomic mass is 19.4. The Hall–Kier alpha value is -1.08. The molecule has 16 heavy (non-hydrogen) atoms. The highest BCUT2D eigenvalue weighted by Crippen LogP contribution is 2.22. The van der Waals surface area contributed by atoms with Crippen molar-refractivity contribution in [2.45, 2.75) is 19.4 Å². The first-order valence-electron chi connectivity index (χ1n) is 4.32. The number of esters is 1. The maximum atomic E-state index is 12.1. The van der Waals surface area contributed by atoms with Crippen LogP contribution in [-0.2, 0) is 19.0 Å². The van der Waals surface area contributed by atoms with Crippen LogP contribution in [0.5, 0.6) is 0 Å². The summed E-state index contributed by atoms with van der Waals surface area (Å²) >= 11 is 0. The monoisotopic (exact) mass is 242 g/mol. The summed E-state index contributed by atoms with van der Waals surface area (Å²) in [5.74, 6) is -0.676. The molecule has 1 atom stereocenters. The predicted molar refractivity (Wildman–Crippen MR) is 48.6 cm³/mol. The fourth-order valence-electron chi connectivity index (χ4n) is 0.709. The van der Waals surface area contributed by atoms with Crippen LogP contribution in [0.4, 0.5) is 13.2 Å². The van der Waals surface area contributed by atoms with Crippen LogP contribution in [-0.4, -0.2) is 38.8 Å². The van der Waals surface area contributed by atoms with Gasteiger partial charge in [-0.25, -0.2) is 4.79 Å². The Labute approximate surface area is 91.0 Å². The van der Waals surface area contributed by atoms with Crippen molar-refractivity contribution in [3.05, 3.63) is 12.2 Å². The Kier molecular flexibility index (Phi) is 6.05. The SMILES string of the molecule is C=C(C)C(=O)OCCOC(OC)C(F)(F)F. The van der Waals surface area contributed by atoms with Gasteiger partial charge in [-0.05, 0) is 6.92 Å². The molecule has 0 aromatic carbocycles. The van der Waals surface area contributed by atoms with Crippen molar-refractivity contribution in [1.29, 1.82) is 0 Å². The van der Waals surface area contributed by atoms with E-state index in [9.17, 15) is 18.0 Å². The third-order valence-corrected chi connectivity index (χ3v) is 1.42. The normalized spacial score (nSPS) is 13.3. The molecule has 0 N–H and O–H groups in total. The molecule has 0 heterocycles. The second-order valence-electron chi connectivity index (χ2n) is 2.90. The molecule has 0 aromatic rings. The third kappa shape index (κ3) is 5.72. The number of methoxy groups -OCH3 is 1. The van der Waals surface area contributed by atoms with Crippen LogP contribution in [0, 0.1) is 0 Å². The number of halogens is 3. The van der Waals surface area contributed by atoms with E-state index < -0.39 is 25.0 Å². The molecule has 0 spiro atoms. The number of hydrogen-bond donors (Lipinski definition) is 0. The average molecular weight is 242 g/mol. The third-order valence-electron chi connectivity index (χ3n) is 1.42. The maximum Gasteiger partial charge on any atom is 0.440 e. The van der Waals surface area contributed by atoms with E-state index in [1.807, 2.05) is 0 Å². The first-order chi connectivity index (χ1) is 7.29. The molecular weight excluding hydrogens is 229 g/mol. The van der Waals surface area contributed by atoms with Crippen molar-refractivity contribution in [3.63, 3.8) is 0 Å². The van der Waals surface area contributed by atoms with Crippen LogP contribution in [0.25, 0.3) is 0 Å². The van der Waals surface area contributed by atoms with Crippen LogP contribution >= 0.6 is 0 Å². The lowest BCUT2D eigenvalue weighted by Crippen LogP contribution is -2.34. The molecular formula is C9H13F3O4. The van der Waals surface area contributed by atoms with E-state index >= 15 is 0 Å². The molecule has 7 heteroatoms. The van der Waals surface area contributed by atoms with Gasteiger partial charge < -0.3 is 14.2 Å². The number of carbonyl (C=O) groups is 1. The van der Waals surface area contributed by atoms with E-state index in [0.29, 0.717) is 0 Å². The Balaban J connectivity index is 3.81. The van der Waals surface area contributed by atoms with Crippen molar-refractivity contribution in [3.8, 4) is 0 Å². The van der Waals surface area contributed by atoms with Crippen LogP contribution in [0.2, 0.25) is 0 Å². The van der Waals surface area contributed by atoms with Crippen LogP contribution in [0.1, 0.15) is 6.92 Å². The fraction of sp³-hybridized carbons (Fsp3) is 0.667. The molecule has 0 fully saturated rings. The summed E-state index contributed by atoms with van der Waals surface area (Å²) in [6.07, 6.45) is -6.91. The minimum atomic E-state index is -4.60. The largest absolute Gasteiger partial charge is 0.460 e. The highest BCUT2D eigenvalue weighted by molar-refractivity contribution is 5.86. The van der Waals surface area contributed by atoms with E-state index in [2.05, 4.69) is 20.8 Å². The van der Waals surface area contributed by atoms with E-state index in [1.165, 1.54) is 6.92 Å². The maximum absolute atomic E-state index is 12.1. The van der Waals surface area contributed by atoms with E-state index in [1.54, 1.807) is 0 Å². The number of ether oxygens (including phenoxy) is 3. The van der Waals surface area contributed by atoms with Gasteiger partial charge in [-0.2, -0.15) is 13.2 Å². The van der Waals surface area contributed by atoms with Gasteiger partial charge in [0.15, 0.2) is 0 Å². The molecule has 0 aliphatic rings. The second kappa shape index (κ2) is 6.49. The summed E-state index contributed by atoms with van der Waals surface area (Å²) < 4.78 is 49.1. The number of hydrogen-bond acceptors (Lipinski definition) is 4. The molecule has 0 radical (unpaired) electrons. The summed E-state index contributed by atoms with van der Waals surface area (Å²) in [7, 11) is 0.873. The lowest BCUT2D eigenvalue weighted by atomic mass is 10.4. The zero-order chi connectivity index (χ0) is 12.8. The van der Waals surface area contributed by atoms with Crippen molar-refractivity contribution in [2.75, 3.05) is 20.3 Å². The summed E-state index contributed by atoms with van der Waals surface area (Å²) in [6.45, 7) is 4.04. The Morgan fingerprint density at radius 2 is 1.94 bits per heavy atom. The first kappa shape index (κ1) is 14.9. The molecule has 0 bridgehead atoms. The van der Waals surface area contributed by atoms with Crippen molar-refractivity contribution < 1.29 is 32.2 Å². The fourth-order valence-corrected chi connectivity index (χ4v) is 0.709. The molecule has 0 aromatic heterocycles. The lowest BCUT2D eigenvalue weighted by Gasteiger charge is -2.18. The van der Waals surface area contributed by atoms with Gasteiger partial charge in [0.25, 0.3) is 6.29 Å². The minimum absolute atomic E-state index is 0.166. The van der Waals surface area contributed by atoms with Gasteiger partial charge in [0.05, 0.1) is 6.61 Å². The standard InChI is InChI=1S/C9H13F3O4/c1-6(2)7(13)15-4-5-16-8(14-3)9(10,11)12/h8H,1,4-5H2,2-3H3. The predicted octanol–water partition coefficient (Wildman–Crippen LogP) is 1.66. The van der Waals surface area contributed by atoms with Gasteiger partial charge in [-0.15, -0.1) is 0 Å². The quantitative estimate of drug-likeness (QED) is 0.307. The second-order valence-corrected chi connectivity index (χ2v) is 2.90. The summed E-state index contributed by atoms with van der Waals surface area (Å²) in [5, 5.41) is 0. The molecule has 0 amide bonds. The Bertz CT molecular complexity index is 250. The van der Waals surface area contributed by atoms with Gasteiger partial charge in [0.1, 0.15) is 6.61 Å². The van der Waals surface area contributed by atoms with Gasteiger partial charge in [0, 0.05) is 12.7 Å². The van der Waals surface area contributed by atoms with E-state index in [-0.39, 0.29) is 12.2 Å². The van der Waals surface area contributed by atoms with Crippen molar-refractivity contribution in [1.82, 2.24) is 0 Å². The van der Waals surface area contributed by atoms with Gasteiger partial charge >= 0.3 is 12.1 Å². The summed E-state index contributed by atoms with van der Waals surface area (Å²) in [5.41, 5.74) is 0.166. The van der Waals surface area contributed by atoms with Crippen molar-refractivity contribution >= 4 is 5.97 Å². The van der Waals surface area contributed by atoms with Gasteiger partial charge in [-0.1, -0.05) is 6.58 Å². The van der Waals surface area contributed by atoms with Gasteiger partial charge in [0.2, 0.25) is 0 Å². The van der Waals surface area contributed by atoms with E-state index in [4.69, 9.17) is 0 Å². The molecule has 0 aliphatic carbocycles. The molecule has 4 nitrogen and oxygen atoms in total. The summed E-state index contributed by atoms with van der Waals surface area (Å²) in [6, 6.07) is 0. The smallest absolute Gasteiger partial charge is 0.440 e. The highest BCUT2D eigenvalue weighted by Gasteiger charge is 2.41. The van der Waals surface area contributed by atoms with Crippen LogP contribution in [0.15, 0.2) is 12.2 Å². The molecule has 0 rings (SSSR count). The zero-order valence-corrected chi connectivity index (χ0v) is 8.97. The zero-order valence-electron chi connectivity index (χ0n) is 8.97. The van der Waals surface area contributed by atoms with Gasteiger partial charge in [-0.3, -0.25) is 0 Å². The number of rotatable bonds is 6. The van der Waals surface area contributed by atoms with Crippen LogP contribution in [0.3, 0.4) is 0 Å². The molecule has 1 unspecified atom stereocenters. The minimum Gasteiger partial charge on any atom is -0.460 e. The Morgan fingerprint density at radius 3 is 2.31 bits per heavy atom. The number of carbonyl (C=O) groups excluding carboxylic acids is 1. The molecule has 0 aliphatic heterocycles. The molecule has 0 saturated carbocycles.